The number of aliphatic hydroxyl groups excluding tert-OH is 2. The summed E-state index contributed by atoms with van der Waals surface area (Å²) in [6.07, 6.45) is 0.287. The minimum Gasteiger partial charge on any atom is -0.507 e. The predicted octanol–water partition coefficient (Wildman–Crippen LogP) is 2.94. The van der Waals surface area contributed by atoms with Crippen molar-refractivity contribution in [1.82, 2.24) is 4.90 Å². The molecule has 5 nitrogen and oxygen atoms in total. The molecule has 3 rings (SSSR count). The number of carbonyl (C=O) groups excluding carboxylic acids is 2. The van der Waals surface area contributed by atoms with Crippen LogP contribution in [-0.4, -0.2) is 40.0 Å². The summed E-state index contributed by atoms with van der Waals surface area (Å²) >= 11 is 0. The molecule has 1 atom stereocenters. The third-order valence-corrected chi connectivity index (χ3v) is 4.61. The number of rotatable bonds is 5. The molecule has 0 aromatic heterocycles. The molecule has 2 N–H and O–H groups in total. The summed E-state index contributed by atoms with van der Waals surface area (Å²) in [5.41, 5.74) is 1.90. The number of hydrogen-bond acceptors (Lipinski definition) is 4. The highest BCUT2D eigenvalue weighted by Crippen LogP contribution is 2.39. The van der Waals surface area contributed by atoms with Crippen LogP contribution in [0.5, 0.6) is 0 Å². The maximum absolute atomic E-state index is 13.3. The summed E-state index contributed by atoms with van der Waals surface area (Å²) in [5, 5.41) is 19.9. The van der Waals surface area contributed by atoms with Gasteiger partial charge in [-0.15, -0.1) is 0 Å². The first-order valence-electron chi connectivity index (χ1n) is 8.66. The molecule has 27 heavy (non-hydrogen) atoms. The number of likely N-dealkylation sites (tertiary alicyclic amines) is 1. The molecule has 140 valence electrons. The van der Waals surface area contributed by atoms with Crippen molar-refractivity contribution in [2.24, 2.45) is 0 Å². The topological polar surface area (TPSA) is 77.8 Å². The smallest absolute Gasteiger partial charge is 0.295 e. The Kier molecular flexibility index (Phi) is 5.37. The molecule has 0 spiro atoms. The number of benzene rings is 2. The van der Waals surface area contributed by atoms with E-state index in [0.717, 1.165) is 5.56 Å². The minimum atomic E-state index is -0.835. The highest BCUT2D eigenvalue weighted by molar-refractivity contribution is 6.46. The van der Waals surface area contributed by atoms with Crippen LogP contribution in [0.25, 0.3) is 5.76 Å². The van der Waals surface area contributed by atoms with Crippen LogP contribution in [0.15, 0.2) is 54.1 Å². The van der Waals surface area contributed by atoms with E-state index < -0.39 is 23.5 Å². The molecule has 1 aliphatic heterocycles. The molecule has 6 heteroatoms. The van der Waals surface area contributed by atoms with Gasteiger partial charge < -0.3 is 15.1 Å². The molecule has 0 aliphatic carbocycles. The van der Waals surface area contributed by atoms with Gasteiger partial charge in [0.2, 0.25) is 0 Å². The summed E-state index contributed by atoms with van der Waals surface area (Å²) < 4.78 is 13.3. The van der Waals surface area contributed by atoms with Crippen molar-refractivity contribution in [3.8, 4) is 0 Å². The van der Waals surface area contributed by atoms with Crippen LogP contribution in [-0.2, 0) is 9.59 Å². The molecule has 1 saturated heterocycles. The number of Topliss-reactive ketones (excluding diaryl/α,β-unsaturated/α-hetero) is 1. The zero-order valence-electron chi connectivity index (χ0n) is 14.9. The number of halogens is 1. The van der Waals surface area contributed by atoms with E-state index >= 15 is 0 Å². The average molecular weight is 369 g/mol. The molecule has 0 radical (unpaired) electrons. The Morgan fingerprint density at radius 1 is 1.07 bits per heavy atom. The van der Waals surface area contributed by atoms with Gasteiger partial charge in [-0.05, 0) is 31.0 Å². The first-order chi connectivity index (χ1) is 12.9. The van der Waals surface area contributed by atoms with Gasteiger partial charge in [-0.2, -0.15) is 0 Å². The fourth-order valence-corrected chi connectivity index (χ4v) is 3.21. The molecule has 2 aromatic rings. The second-order valence-electron chi connectivity index (χ2n) is 6.49. The zero-order valence-corrected chi connectivity index (χ0v) is 14.9. The van der Waals surface area contributed by atoms with Crippen molar-refractivity contribution in [2.45, 2.75) is 19.4 Å². The van der Waals surface area contributed by atoms with Gasteiger partial charge in [0.15, 0.2) is 0 Å². The van der Waals surface area contributed by atoms with Gasteiger partial charge in [0.05, 0.1) is 11.6 Å². The molecule has 2 aromatic carbocycles. The van der Waals surface area contributed by atoms with E-state index in [4.69, 9.17) is 5.11 Å². The van der Waals surface area contributed by atoms with Gasteiger partial charge >= 0.3 is 0 Å². The van der Waals surface area contributed by atoms with Gasteiger partial charge in [0.1, 0.15) is 11.6 Å². The van der Waals surface area contributed by atoms with Crippen molar-refractivity contribution in [2.75, 3.05) is 13.2 Å². The van der Waals surface area contributed by atoms with Crippen LogP contribution < -0.4 is 0 Å². The number of amides is 1. The maximum atomic E-state index is 13.3. The van der Waals surface area contributed by atoms with Crippen LogP contribution in [0, 0.1) is 12.7 Å². The molecule has 1 heterocycles. The first-order valence-corrected chi connectivity index (χ1v) is 8.66. The molecular formula is C21H20FNO4. The predicted molar refractivity (Wildman–Crippen MR) is 98.3 cm³/mol. The Bertz CT molecular complexity index is 887. The van der Waals surface area contributed by atoms with Crippen LogP contribution in [0.3, 0.4) is 0 Å². The number of hydrogen-bond donors (Lipinski definition) is 2. The number of carbonyl (C=O) groups is 2. The van der Waals surface area contributed by atoms with Crippen LogP contribution in [0.2, 0.25) is 0 Å². The van der Waals surface area contributed by atoms with Gasteiger partial charge in [-0.1, -0.05) is 42.0 Å². The first kappa shape index (κ1) is 18.8. The SMILES string of the molecule is Cc1ccc(C(O)=C2C(=O)C(=O)N(CCCO)C2c2ccc(F)cc2)cc1. The lowest BCUT2D eigenvalue weighted by atomic mass is 9.95. The Labute approximate surface area is 156 Å². The molecule has 0 saturated carbocycles. The lowest BCUT2D eigenvalue weighted by Crippen LogP contribution is -2.31. The van der Waals surface area contributed by atoms with Gasteiger partial charge in [-0.3, -0.25) is 9.59 Å². The highest BCUT2D eigenvalue weighted by atomic mass is 19.1. The standard InChI is InChI=1S/C21H20FNO4/c1-13-3-5-15(6-4-13)19(25)17-18(14-7-9-16(22)10-8-14)23(11-2-12-24)21(27)20(17)26/h3-10,18,24-25H,2,11-12H2,1H3. The molecule has 1 aliphatic rings. The molecule has 1 unspecified atom stereocenters. The second kappa shape index (κ2) is 7.72. The maximum Gasteiger partial charge on any atom is 0.295 e. The van der Waals surface area contributed by atoms with Crippen molar-refractivity contribution in [1.29, 1.82) is 0 Å². The van der Waals surface area contributed by atoms with E-state index in [1.165, 1.54) is 29.2 Å². The molecule has 1 fully saturated rings. The van der Waals surface area contributed by atoms with E-state index in [0.29, 0.717) is 11.1 Å². The average Bonchev–Trinajstić information content (AvgIpc) is 2.91. The fraction of sp³-hybridized carbons (Fsp3) is 0.238. The fourth-order valence-electron chi connectivity index (χ4n) is 3.21. The number of nitrogens with zero attached hydrogens (tertiary/aromatic N) is 1. The number of aryl methyl sites for hydroxylation is 1. The Morgan fingerprint density at radius 2 is 1.70 bits per heavy atom. The number of ketones is 1. The Hall–Kier alpha value is -2.99. The largest absolute Gasteiger partial charge is 0.507 e. The third-order valence-electron chi connectivity index (χ3n) is 4.61. The van der Waals surface area contributed by atoms with E-state index in [9.17, 15) is 19.1 Å². The summed E-state index contributed by atoms with van der Waals surface area (Å²) in [4.78, 5) is 26.5. The second-order valence-corrected chi connectivity index (χ2v) is 6.49. The van der Waals surface area contributed by atoms with E-state index in [1.807, 2.05) is 6.92 Å². The van der Waals surface area contributed by atoms with Crippen LogP contribution >= 0.6 is 0 Å². The minimum absolute atomic E-state index is 0.0339. The van der Waals surface area contributed by atoms with Crippen molar-refractivity contribution in [3.05, 3.63) is 76.6 Å². The third kappa shape index (κ3) is 3.61. The Balaban J connectivity index is 2.14. The normalized spacial score (nSPS) is 18.9. The van der Waals surface area contributed by atoms with Gasteiger partial charge in [0.25, 0.3) is 11.7 Å². The van der Waals surface area contributed by atoms with Gasteiger partial charge in [0, 0.05) is 18.7 Å². The van der Waals surface area contributed by atoms with Gasteiger partial charge in [-0.25, -0.2) is 4.39 Å². The quantitative estimate of drug-likeness (QED) is 0.483. The van der Waals surface area contributed by atoms with Crippen molar-refractivity contribution >= 4 is 17.4 Å². The van der Waals surface area contributed by atoms with E-state index in [-0.39, 0.29) is 30.9 Å². The number of aliphatic hydroxyl groups is 2. The molecule has 1 amide bonds. The molecule has 0 bridgehead atoms. The summed E-state index contributed by atoms with van der Waals surface area (Å²) in [7, 11) is 0. The highest BCUT2D eigenvalue weighted by Gasteiger charge is 2.45. The Morgan fingerprint density at radius 3 is 2.30 bits per heavy atom. The van der Waals surface area contributed by atoms with E-state index in [2.05, 4.69) is 0 Å². The van der Waals surface area contributed by atoms with E-state index in [1.54, 1.807) is 24.3 Å². The summed E-state index contributed by atoms with van der Waals surface area (Å²) in [5.74, 6) is -2.24. The van der Waals surface area contributed by atoms with Crippen LogP contribution in [0.4, 0.5) is 4.39 Å². The summed E-state index contributed by atoms with van der Waals surface area (Å²) in [6.45, 7) is 1.90. The zero-order chi connectivity index (χ0) is 19.6. The lowest BCUT2D eigenvalue weighted by Gasteiger charge is -2.25. The monoisotopic (exact) mass is 369 g/mol. The molecular weight excluding hydrogens is 349 g/mol. The van der Waals surface area contributed by atoms with Crippen molar-refractivity contribution in [3.63, 3.8) is 0 Å². The van der Waals surface area contributed by atoms with Crippen molar-refractivity contribution < 1.29 is 24.2 Å². The summed E-state index contributed by atoms with van der Waals surface area (Å²) in [6, 6.07) is 11.6. The van der Waals surface area contributed by atoms with Crippen LogP contribution in [0.1, 0.15) is 29.2 Å². The lowest BCUT2D eigenvalue weighted by molar-refractivity contribution is -0.140.